The SMILES string of the molecule is C=CCN1CCCC12CCN(Cc1cccn1C)CC2.O=C(O)C(F)(F)F.O=C(O)C(F)(F)F. The van der Waals surface area contributed by atoms with Gasteiger partial charge in [-0.15, -0.1) is 6.58 Å². The van der Waals surface area contributed by atoms with E-state index < -0.39 is 24.3 Å². The Kier molecular flexibility index (Phi) is 10.6. The number of carbonyl (C=O) groups is 2. The van der Waals surface area contributed by atoms with Crippen molar-refractivity contribution in [3.8, 4) is 0 Å². The lowest BCUT2D eigenvalue weighted by Gasteiger charge is -2.45. The van der Waals surface area contributed by atoms with Crippen LogP contribution in [0.15, 0.2) is 31.0 Å². The molecule has 2 aliphatic rings. The Morgan fingerprint density at radius 2 is 1.53 bits per heavy atom. The molecule has 0 radical (unpaired) electrons. The molecule has 7 nitrogen and oxygen atoms in total. The standard InChI is InChI=1S/C17H27N3.2C2HF3O2/c1-3-10-20-12-5-7-17(20)8-13-19(14-9-17)15-16-6-4-11-18(16)2;2*3-2(4,5)1(6)7/h3-4,6,11H,1,5,7-10,12-15H2,2H3;2*(H,6,7). The minimum Gasteiger partial charge on any atom is -0.475 e. The van der Waals surface area contributed by atoms with Gasteiger partial charge in [0.1, 0.15) is 0 Å². The summed E-state index contributed by atoms with van der Waals surface area (Å²) in [6.07, 6.45) is -0.548. The minimum absolute atomic E-state index is 0.485. The van der Waals surface area contributed by atoms with E-state index in [4.69, 9.17) is 19.8 Å². The van der Waals surface area contributed by atoms with Gasteiger partial charge in [0, 0.05) is 50.7 Å². The first-order chi connectivity index (χ1) is 15.6. The summed E-state index contributed by atoms with van der Waals surface area (Å²) in [6, 6.07) is 4.38. The maximum Gasteiger partial charge on any atom is 0.490 e. The first-order valence-corrected chi connectivity index (χ1v) is 10.4. The molecule has 3 heterocycles. The maximum atomic E-state index is 10.6. The number of rotatable bonds is 4. The zero-order valence-electron chi connectivity index (χ0n) is 18.7. The summed E-state index contributed by atoms with van der Waals surface area (Å²) in [5.74, 6) is -5.51. The van der Waals surface area contributed by atoms with E-state index in [0.29, 0.717) is 5.54 Å². The molecule has 2 fully saturated rings. The largest absolute Gasteiger partial charge is 0.490 e. The van der Waals surface area contributed by atoms with Gasteiger partial charge in [0.15, 0.2) is 0 Å². The fourth-order valence-corrected chi connectivity index (χ4v) is 4.02. The zero-order chi connectivity index (χ0) is 26.2. The molecule has 3 rings (SSSR count). The highest BCUT2D eigenvalue weighted by Gasteiger charge is 2.42. The smallest absolute Gasteiger partial charge is 0.475 e. The van der Waals surface area contributed by atoms with Gasteiger partial charge in [-0.1, -0.05) is 6.08 Å². The van der Waals surface area contributed by atoms with Gasteiger partial charge in [0.05, 0.1) is 0 Å². The molecule has 34 heavy (non-hydrogen) atoms. The summed E-state index contributed by atoms with van der Waals surface area (Å²) >= 11 is 0. The van der Waals surface area contributed by atoms with Crippen molar-refractivity contribution in [3.63, 3.8) is 0 Å². The molecule has 0 aliphatic carbocycles. The van der Waals surface area contributed by atoms with Gasteiger partial charge in [-0.3, -0.25) is 9.80 Å². The lowest BCUT2D eigenvalue weighted by atomic mass is 9.85. The number of aliphatic carboxylic acids is 2. The van der Waals surface area contributed by atoms with Crippen LogP contribution in [-0.4, -0.2) is 80.6 Å². The van der Waals surface area contributed by atoms with Crippen LogP contribution in [0.3, 0.4) is 0 Å². The first-order valence-electron chi connectivity index (χ1n) is 10.4. The molecule has 0 amide bonds. The van der Waals surface area contributed by atoms with Gasteiger partial charge in [-0.2, -0.15) is 26.3 Å². The monoisotopic (exact) mass is 501 g/mol. The average Bonchev–Trinajstić information content (AvgIpc) is 3.30. The fraction of sp³-hybridized carbons (Fsp3) is 0.619. The second-order valence-corrected chi connectivity index (χ2v) is 8.05. The number of alkyl halides is 6. The van der Waals surface area contributed by atoms with Crippen molar-refractivity contribution in [2.24, 2.45) is 7.05 Å². The summed E-state index contributed by atoms with van der Waals surface area (Å²) < 4.78 is 65.7. The molecule has 0 saturated carbocycles. The molecule has 0 aromatic carbocycles. The van der Waals surface area contributed by atoms with Crippen LogP contribution in [0, 0.1) is 0 Å². The van der Waals surface area contributed by atoms with Crippen molar-refractivity contribution < 1.29 is 46.1 Å². The van der Waals surface area contributed by atoms with Crippen molar-refractivity contribution in [3.05, 3.63) is 36.7 Å². The Morgan fingerprint density at radius 3 is 1.91 bits per heavy atom. The maximum absolute atomic E-state index is 10.6. The van der Waals surface area contributed by atoms with Crippen LogP contribution in [-0.2, 0) is 23.2 Å². The van der Waals surface area contributed by atoms with Crippen molar-refractivity contribution in [1.29, 1.82) is 0 Å². The quantitative estimate of drug-likeness (QED) is 0.481. The van der Waals surface area contributed by atoms with Gasteiger partial charge in [0.25, 0.3) is 0 Å². The molecular weight excluding hydrogens is 472 g/mol. The molecule has 0 unspecified atom stereocenters. The molecule has 1 aromatic heterocycles. The number of carboxylic acid groups (broad SMARTS) is 2. The lowest BCUT2D eigenvalue weighted by Crippen LogP contribution is -2.51. The summed E-state index contributed by atoms with van der Waals surface area (Å²) in [5, 5.41) is 14.2. The van der Waals surface area contributed by atoms with Gasteiger partial charge in [-0.25, -0.2) is 9.59 Å². The second-order valence-electron chi connectivity index (χ2n) is 8.05. The average molecular weight is 501 g/mol. The van der Waals surface area contributed by atoms with Crippen molar-refractivity contribution >= 4 is 11.9 Å². The molecule has 1 spiro atoms. The van der Waals surface area contributed by atoms with Crippen LogP contribution in [0.2, 0.25) is 0 Å². The predicted octanol–water partition coefficient (Wildman–Crippen LogP) is 3.91. The predicted molar refractivity (Wildman–Crippen MR) is 111 cm³/mol. The summed E-state index contributed by atoms with van der Waals surface area (Å²) in [7, 11) is 2.14. The number of aromatic nitrogens is 1. The van der Waals surface area contributed by atoms with E-state index in [-0.39, 0.29) is 0 Å². The van der Waals surface area contributed by atoms with E-state index in [1.807, 2.05) is 0 Å². The molecule has 0 bridgehead atoms. The van der Waals surface area contributed by atoms with Gasteiger partial charge in [-0.05, 0) is 44.4 Å². The highest BCUT2D eigenvalue weighted by atomic mass is 19.4. The van der Waals surface area contributed by atoms with E-state index in [1.165, 1.54) is 51.0 Å². The van der Waals surface area contributed by atoms with Crippen molar-refractivity contribution in [2.75, 3.05) is 26.2 Å². The molecule has 2 aliphatic heterocycles. The van der Waals surface area contributed by atoms with Crippen LogP contribution in [0.4, 0.5) is 26.3 Å². The third-order valence-electron chi connectivity index (χ3n) is 5.80. The molecule has 0 atom stereocenters. The Hall–Kier alpha value is -2.54. The van der Waals surface area contributed by atoms with Gasteiger partial charge in [0.2, 0.25) is 0 Å². The minimum atomic E-state index is -5.08. The highest BCUT2D eigenvalue weighted by Crippen LogP contribution is 2.38. The number of hydrogen-bond acceptors (Lipinski definition) is 4. The Bertz CT molecular complexity index is 790. The summed E-state index contributed by atoms with van der Waals surface area (Å²) in [4.78, 5) is 23.1. The van der Waals surface area contributed by atoms with E-state index in [2.05, 4.69) is 52.4 Å². The number of aryl methyl sites for hydroxylation is 1. The highest BCUT2D eigenvalue weighted by molar-refractivity contribution is 5.73. The number of piperidine rings is 1. The summed E-state index contributed by atoms with van der Waals surface area (Å²) in [5.41, 5.74) is 1.91. The number of nitrogens with zero attached hydrogens (tertiary/aromatic N) is 3. The number of likely N-dealkylation sites (tertiary alicyclic amines) is 2. The number of halogens is 6. The third kappa shape index (κ3) is 9.01. The van der Waals surface area contributed by atoms with E-state index in [1.54, 1.807) is 0 Å². The Morgan fingerprint density at radius 1 is 1.03 bits per heavy atom. The van der Waals surface area contributed by atoms with Gasteiger partial charge >= 0.3 is 24.3 Å². The lowest BCUT2D eigenvalue weighted by molar-refractivity contribution is -0.193. The van der Waals surface area contributed by atoms with Crippen molar-refractivity contribution in [2.45, 2.75) is 50.1 Å². The number of hydrogen-bond donors (Lipinski definition) is 2. The fourth-order valence-electron chi connectivity index (χ4n) is 4.02. The molecular formula is C21H29F6N3O4. The number of carboxylic acids is 2. The van der Waals surface area contributed by atoms with Crippen LogP contribution >= 0.6 is 0 Å². The Balaban J connectivity index is 0.000000343. The van der Waals surface area contributed by atoms with Crippen LogP contribution in [0.25, 0.3) is 0 Å². The van der Waals surface area contributed by atoms with E-state index in [0.717, 1.165) is 13.1 Å². The van der Waals surface area contributed by atoms with Crippen LogP contribution < -0.4 is 0 Å². The first kappa shape index (κ1) is 29.5. The Labute approximate surface area is 193 Å². The zero-order valence-corrected chi connectivity index (χ0v) is 18.7. The molecule has 1 aromatic rings. The molecule has 2 saturated heterocycles. The van der Waals surface area contributed by atoms with E-state index in [9.17, 15) is 26.3 Å². The van der Waals surface area contributed by atoms with E-state index >= 15 is 0 Å². The topological polar surface area (TPSA) is 86.0 Å². The van der Waals surface area contributed by atoms with Crippen molar-refractivity contribution in [1.82, 2.24) is 14.4 Å². The molecule has 194 valence electrons. The third-order valence-corrected chi connectivity index (χ3v) is 5.80. The summed E-state index contributed by atoms with van der Waals surface area (Å²) in [6.45, 7) is 9.82. The van der Waals surface area contributed by atoms with Gasteiger partial charge < -0.3 is 14.8 Å². The molecule has 2 N–H and O–H groups in total. The normalized spacial score (nSPS) is 18.4. The van der Waals surface area contributed by atoms with Crippen LogP contribution in [0.1, 0.15) is 31.4 Å². The van der Waals surface area contributed by atoms with Crippen LogP contribution in [0.5, 0.6) is 0 Å². The molecule has 13 heteroatoms. The second kappa shape index (κ2) is 12.2.